The highest BCUT2D eigenvalue weighted by Crippen LogP contribution is 2.36. The molecule has 0 spiro atoms. The molecule has 0 aliphatic carbocycles. The van der Waals surface area contributed by atoms with Gasteiger partial charge in [0.2, 0.25) is 5.95 Å². The Morgan fingerprint density at radius 2 is 2.07 bits per heavy atom. The summed E-state index contributed by atoms with van der Waals surface area (Å²) in [5.74, 6) is 0.0522. The Morgan fingerprint density at radius 3 is 2.67 bits per heavy atom. The van der Waals surface area contributed by atoms with Crippen LogP contribution in [0.1, 0.15) is 39.2 Å². The van der Waals surface area contributed by atoms with Crippen LogP contribution in [-0.4, -0.2) is 49.8 Å². The smallest absolute Gasteiger partial charge is 0.419 e. The molecule has 1 N–H and O–H groups in total. The van der Waals surface area contributed by atoms with Gasteiger partial charge in [-0.25, -0.2) is 14.8 Å². The van der Waals surface area contributed by atoms with Crippen molar-refractivity contribution in [1.82, 2.24) is 19.0 Å². The summed E-state index contributed by atoms with van der Waals surface area (Å²) in [4.78, 5) is 21.8. The number of amides is 1. The second-order valence-corrected chi connectivity index (χ2v) is 8.50. The fourth-order valence-corrected chi connectivity index (χ4v) is 3.32. The van der Waals surface area contributed by atoms with Crippen LogP contribution >= 0.6 is 11.8 Å². The van der Waals surface area contributed by atoms with Crippen LogP contribution in [0.4, 0.5) is 23.9 Å². The van der Waals surface area contributed by atoms with Gasteiger partial charge in [-0.2, -0.15) is 13.2 Å². The summed E-state index contributed by atoms with van der Waals surface area (Å²) in [6.07, 6.45) is -0.0756. The molecular formula is C19H23ClF3N5O2. The SMILES string of the molecule is CC(C)(C)OC(=O)N1CCC[C@H](Nc2ncc(C(F)(F)F)c(-c3ccn(Cl)c3)n2)C1. The average molecular weight is 446 g/mol. The minimum atomic E-state index is -4.61. The molecule has 164 valence electrons. The second-order valence-electron chi connectivity index (χ2n) is 8.11. The van der Waals surface area contributed by atoms with Crippen LogP contribution in [0.25, 0.3) is 11.3 Å². The molecular weight excluding hydrogens is 423 g/mol. The second kappa shape index (κ2) is 8.33. The van der Waals surface area contributed by atoms with E-state index < -0.39 is 23.4 Å². The van der Waals surface area contributed by atoms with E-state index in [9.17, 15) is 18.0 Å². The maximum Gasteiger partial charge on any atom is 0.419 e. The number of ether oxygens (including phenoxy) is 1. The molecule has 1 saturated heterocycles. The third-order valence-corrected chi connectivity index (χ3v) is 4.64. The van der Waals surface area contributed by atoms with Crippen LogP contribution in [0.15, 0.2) is 24.7 Å². The number of nitrogens with zero attached hydrogens (tertiary/aromatic N) is 4. The Hall–Kier alpha value is -2.49. The lowest BCUT2D eigenvalue weighted by Crippen LogP contribution is -2.47. The number of aromatic nitrogens is 3. The van der Waals surface area contributed by atoms with Gasteiger partial charge in [-0.05, 0) is 39.7 Å². The first kappa shape index (κ1) is 22.2. The number of rotatable bonds is 3. The van der Waals surface area contributed by atoms with Crippen molar-refractivity contribution in [3.8, 4) is 11.3 Å². The molecule has 1 fully saturated rings. The number of carbonyl (C=O) groups excluding carboxylic acids is 1. The van der Waals surface area contributed by atoms with Gasteiger partial charge in [-0.3, -0.25) is 4.09 Å². The summed E-state index contributed by atoms with van der Waals surface area (Å²) in [7, 11) is 0. The highest BCUT2D eigenvalue weighted by molar-refractivity contribution is 6.15. The number of likely N-dealkylation sites (tertiary alicyclic amines) is 1. The van der Waals surface area contributed by atoms with Crippen molar-refractivity contribution < 1.29 is 22.7 Å². The summed E-state index contributed by atoms with van der Waals surface area (Å²) in [5.41, 5.74) is -1.60. The van der Waals surface area contributed by atoms with E-state index in [4.69, 9.17) is 16.5 Å². The molecule has 1 aliphatic heterocycles. The zero-order valence-corrected chi connectivity index (χ0v) is 17.6. The Kier molecular flexibility index (Phi) is 6.16. The normalized spacial score (nSPS) is 17.7. The van der Waals surface area contributed by atoms with Gasteiger partial charge in [0.1, 0.15) is 11.2 Å². The van der Waals surface area contributed by atoms with Crippen molar-refractivity contribution in [3.05, 3.63) is 30.2 Å². The molecule has 1 aliphatic rings. The fraction of sp³-hybridized carbons (Fsp3) is 0.526. The molecule has 0 unspecified atom stereocenters. The molecule has 30 heavy (non-hydrogen) atoms. The molecule has 0 radical (unpaired) electrons. The Bertz CT molecular complexity index is 910. The number of nitrogens with one attached hydrogen (secondary N) is 1. The summed E-state index contributed by atoms with van der Waals surface area (Å²) < 4.78 is 46.8. The topological polar surface area (TPSA) is 72.3 Å². The van der Waals surface area contributed by atoms with E-state index >= 15 is 0 Å². The van der Waals surface area contributed by atoms with E-state index in [2.05, 4.69) is 15.3 Å². The molecule has 1 amide bonds. The molecule has 3 rings (SSSR count). The third-order valence-electron chi connectivity index (χ3n) is 4.43. The van der Waals surface area contributed by atoms with Crippen LogP contribution < -0.4 is 5.32 Å². The molecule has 0 bridgehead atoms. The van der Waals surface area contributed by atoms with Crippen molar-refractivity contribution in [2.75, 3.05) is 18.4 Å². The number of alkyl halides is 3. The van der Waals surface area contributed by atoms with Crippen molar-refractivity contribution in [3.63, 3.8) is 0 Å². The van der Waals surface area contributed by atoms with Gasteiger partial charge in [0, 0.05) is 55.1 Å². The number of carbonyl (C=O) groups is 1. The van der Waals surface area contributed by atoms with E-state index in [1.807, 2.05) is 0 Å². The van der Waals surface area contributed by atoms with E-state index in [1.54, 1.807) is 25.7 Å². The molecule has 3 heterocycles. The van der Waals surface area contributed by atoms with Crippen molar-refractivity contribution >= 4 is 23.8 Å². The molecule has 0 saturated carbocycles. The fourth-order valence-electron chi connectivity index (χ4n) is 3.16. The monoisotopic (exact) mass is 445 g/mol. The molecule has 7 nitrogen and oxygen atoms in total. The zero-order chi connectivity index (χ0) is 22.1. The van der Waals surface area contributed by atoms with Crippen LogP contribution in [0.5, 0.6) is 0 Å². The average Bonchev–Trinajstić information content (AvgIpc) is 3.06. The highest BCUT2D eigenvalue weighted by Gasteiger charge is 2.36. The van der Waals surface area contributed by atoms with Gasteiger partial charge < -0.3 is 15.0 Å². The lowest BCUT2D eigenvalue weighted by atomic mass is 10.1. The first-order valence-electron chi connectivity index (χ1n) is 9.45. The quantitative estimate of drug-likeness (QED) is 0.736. The predicted molar refractivity (Wildman–Crippen MR) is 106 cm³/mol. The lowest BCUT2D eigenvalue weighted by Gasteiger charge is -2.34. The minimum Gasteiger partial charge on any atom is -0.444 e. The van der Waals surface area contributed by atoms with Crippen LogP contribution in [0.2, 0.25) is 0 Å². The van der Waals surface area contributed by atoms with Crippen molar-refractivity contribution in [2.45, 2.75) is 51.4 Å². The molecule has 2 aromatic rings. The van der Waals surface area contributed by atoms with Crippen LogP contribution in [0, 0.1) is 0 Å². The molecule has 1 atom stereocenters. The number of piperidine rings is 1. The Morgan fingerprint density at radius 1 is 1.33 bits per heavy atom. The number of hydrogen-bond acceptors (Lipinski definition) is 5. The highest BCUT2D eigenvalue weighted by atomic mass is 35.5. The summed E-state index contributed by atoms with van der Waals surface area (Å²) in [5, 5.41) is 3.05. The molecule has 11 heteroatoms. The Balaban J connectivity index is 1.79. The van der Waals surface area contributed by atoms with Gasteiger partial charge in [-0.1, -0.05) is 0 Å². The van der Waals surface area contributed by atoms with Gasteiger partial charge in [-0.15, -0.1) is 0 Å². The standard InChI is InChI=1S/C19H23ClF3N5O2/c1-18(2,3)30-17(29)27-7-4-5-13(11-27)25-16-24-9-14(19(21,22)23)15(26-16)12-6-8-28(20)10-12/h6,8-10,13H,4-5,7,11H2,1-3H3,(H,24,25,26)/t13-/m0/s1. The number of hydrogen-bond donors (Lipinski definition) is 1. The number of anilines is 1. The van der Waals surface area contributed by atoms with Gasteiger partial charge in [0.15, 0.2) is 0 Å². The summed E-state index contributed by atoms with van der Waals surface area (Å²) >= 11 is 5.79. The zero-order valence-electron chi connectivity index (χ0n) is 16.8. The maximum absolute atomic E-state index is 13.4. The van der Waals surface area contributed by atoms with E-state index in [-0.39, 0.29) is 23.2 Å². The first-order chi connectivity index (χ1) is 13.9. The van der Waals surface area contributed by atoms with Crippen molar-refractivity contribution in [1.29, 1.82) is 0 Å². The minimum absolute atomic E-state index is 0.0522. The van der Waals surface area contributed by atoms with Crippen LogP contribution in [0.3, 0.4) is 0 Å². The van der Waals surface area contributed by atoms with E-state index in [0.717, 1.165) is 23.1 Å². The molecule has 2 aromatic heterocycles. The summed E-state index contributed by atoms with van der Waals surface area (Å²) in [6, 6.07) is 1.23. The third kappa shape index (κ3) is 5.56. The van der Waals surface area contributed by atoms with Gasteiger partial charge >= 0.3 is 12.3 Å². The van der Waals surface area contributed by atoms with Crippen molar-refractivity contribution in [2.24, 2.45) is 0 Å². The van der Waals surface area contributed by atoms with Gasteiger partial charge in [0.25, 0.3) is 0 Å². The van der Waals surface area contributed by atoms with E-state index in [1.165, 1.54) is 18.5 Å². The summed E-state index contributed by atoms with van der Waals surface area (Å²) in [6.45, 7) is 6.25. The molecule has 0 aromatic carbocycles. The van der Waals surface area contributed by atoms with E-state index in [0.29, 0.717) is 13.1 Å². The number of halogens is 4. The Labute approximate surface area is 177 Å². The van der Waals surface area contributed by atoms with Crippen LogP contribution in [-0.2, 0) is 10.9 Å². The maximum atomic E-state index is 13.4. The van der Waals surface area contributed by atoms with Gasteiger partial charge in [0.05, 0.1) is 5.69 Å². The largest absolute Gasteiger partial charge is 0.444 e. The lowest BCUT2D eigenvalue weighted by molar-refractivity contribution is -0.137. The predicted octanol–water partition coefficient (Wildman–Crippen LogP) is 4.78. The first-order valence-corrected chi connectivity index (χ1v) is 9.79.